The van der Waals surface area contributed by atoms with E-state index in [1.807, 2.05) is 22.4 Å². The molecule has 0 bridgehead atoms. The van der Waals surface area contributed by atoms with E-state index in [2.05, 4.69) is 9.97 Å². The highest BCUT2D eigenvalue weighted by atomic mass is 32.1. The Hall–Kier alpha value is -2.28. The Morgan fingerprint density at radius 2 is 1.76 bits per heavy atom. The minimum atomic E-state index is 0.0745. The second-order valence-corrected chi connectivity index (χ2v) is 7.09. The molecule has 0 N–H and O–H groups in total. The first-order chi connectivity index (χ1) is 12.1. The third kappa shape index (κ3) is 4.85. The van der Waals surface area contributed by atoms with Gasteiger partial charge in [-0.1, -0.05) is 0 Å². The predicted molar refractivity (Wildman–Crippen MR) is 96.3 cm³/mol. The van der Waals surface area contributed by atoms with Gasteiger partial charge < -0.3 is 9.80 Å². The summed E-state index contributed by atoms with van der Waals surface area (Å²) in [6.45, 7) is 4.03. The van der Waals surface area contributed by atoms with Crippen LogP contribution in [0.2, 0.25) is 0 Å². The van der Waals surface area contributed by atoms with E-state index in [0.717, 1.165) is 23.5 Å². The smallest absolute Gasteiger partial charge is 0.228 e. The molecule has 132 valence electrons. The number of thiazole rings is 1. The number of aromatic nitrogens is 2. The molecule has 0 saturated carbocycles. The number of carbonyl (C=O) groups excluding carboxylic acids is 2. The molecule has 1 aliphatic heterocycles. The van der Waals surface area contributed by atoms with E-state index in [4.69, 9.17) is 0 Å². The third-order valence-corrected chi connectivity index (χ3v) is 5.34. The van der Waals surface area contributed by atoms with Crippen LogP contribution in [-0.2, 0) is 28.9 Å². The van der Waals surface area contributed by atoms with E-state index in [1.165, 1.54) is 5.56 Å². The van der Waals surface area contributed by atoms with Gasteiger partial charge in [-0.3, -0.25) is 14.6 Å². The van der Waals surface area contributed by atoms with Gasteiger partial charge in [-0.15, -0.1) is 11.3 Å². The summed E-state index contributed by atoms with van der Waals surface area (Å²) in [7, 11) is 0. The van der Waals surface area contributed by atoms with Crippen molar-refractivity contribution in [3.63, 3.8) is 0 Å². The molecule has 2 amide bonds. The molecule has 25 heavy (non-hydrogen) atoms. The van der Waals surface area contributed by atoms with E-state index in [-0.39, 0.29) is 11.8 Å². The lowest BCUT2D eigenvalue weighted by Gasteiger charge is -2.34. The molecule has 7 heteroatoms. The number of hydrogen-bond donors (Lipinski definition) is 0. The lowest BCUT2D eigenvalue weighted by atomic mass is 10.1. The molecule has 3 rings (SSSR count). The Kier molecular flexibility index (Phi) is 5.75. The number of rotatable bonds is 5. The van der Waals surface area contributed by atoms with Crippen molar-refractivity contribution in [1.82, 2.24) is 19.8 Å². The number of carbonyl (C=O) groups is 2. The molecular weight excluding hydrogens is 336 g/mol. The molecule has 1 aliphatic rings. The summed E-state index contributed by atoms with van der Waals surface area (Å²) in [6, 6.07) is 4.03. The van der Waals surface area contributed by atoms with Crippen molar-refractivity contribution in [3.05, 3.63) is 46.2 Å². The van der Waals surface area contributed by atoms with Gasteiger partial charge in [0.1, 0.15) is 0 Å². The molecule has 0 atom stereocenters. The Morgan fingerprint density at radius 3 is 2.44 bits per heavy atom. The Labute approximate surface area is 151 Å². The van der Waals surface area contributed by atoms with E-state index >= 15 is 0 Å². The molecule has 0 aromatic carbocycles. The quantitative estimate of drug-likeness (QED) is 0.813. The second kappa shape index (κ2) is 8.20. The number of amides is 2. The topological polar surface area (TPSA) is 66.4 Å². The minimum absolute atomic E-state index is 0.0745. The first kappa shape index (κ1) is 17.5. The van der Waals surface area contributed by atoms with Crippen molar-refractivity contribution < 1.29 is 9.59 Å². The fraction of sp³-hybridized carbons (Fsp3) is 0.444. The standard InChI is InChI=1S/C18H22N4O2S/c1-14(23)21-8-10-22(11-9-21)18(24)12-16-13-25-17(20-16)3-2-15-4-6-19-7-5-15/h4-7,13H,2-3,8-12H2,1H3. The molecule has 0 unspecified atom stereocenters. The SMILES string of the molecule is CC(=O)N1CCN(C(=O)Cc2csc(CCc3ccncc3)n2)CC1. The normalized spacial score (nSPS) is 14.6. The van der Waals surface area contributed by atoms with Crippen LogP contribution in [0.3, 0.4) is 0 Å². The molecule has 0 aliphatic carbocycles. The maximum Gasteiger partial charge on any atom is 0.228 e. The molecule has 3 heterocycles. The summed E-state index contributed by atoms with van der Waals surface area (Å²) in [4.78, 5) is 36.0. The van der Waals surface area contributed by atoms with Gasteiger partial charge in [0.2, 0.25) is 11.8 Å². The van der Waals surface area contributed by atoms with E-state index in [9.17, 15) is 9.59 Å². The first-order valence-electron chi connectivity index (χ1n) is 8.47. The second-order valence-electron chi connectivity index (χ2n) is 6.15. The van der Waals surface area contributed by atoms with Crippen molar-refractivity contribution in [2.24, 2.45) is 0 Å². The van der Waals surface area contributed by atoms with Gasteiger partial charge in [0.25, 0.3) is 0 Å². The van der Waals surface area contributed by atoms with Crippen LogP contribution in [0.15, 0.2) is 29.9 Å². The average Bonchev–Trinajstić information content (AvgIpc) is 3.08. The van der Waals surface area contributed by atoms with Crippen LogP contribution < -0.4 is 0 Å². The van der Waals surface area contributed by atoms with Crippen LogP contribution in [0.5, 0.6) is 0 Å². The number of aryl methyl sites for hydroxylation is 2. The number of nitrogens with zero attached hydrogens (tertiary/aromatic N) is 4. The van der Waals surface area contributed by atoms with Crippen LogP contribution in [0.25, 0.3) is 0 Å². The molecule has 6 nitrogen and oxygen atoms in total. The van der Waals surface area contributed by atoms with Crippen molar-refractivity contribution >= 4 is 23.2 Å². The summed E-state index contributed by atoms with van der Waals surface area (Å²) in [5.74, 6) is 0.166. The minimum Gasteiger partial charge on any atom is -0.339 e. The highest BCUT2D eigenvalue weighted by Crippen LogP contribution is 2.14. The maximum absolute atomic E-state index is 12.4. The zero-order valence-electron chi connectivity index (χ0n) is 14.4. The van der Waals surface area contributed by atoms with E-state index < -0.39 is 0 Å². The molecule has 1 saturated heterocycles. The van der Waals surface area contributed by atoms with Crippen molar-refractivity contribution in [1.29, 1.82) is 0 Å². The van der Waals surface area contributed by atoms with Gasteiger partial charge in [0.05, 0.1) is 17.1 Å². The van der Waals surface area contributed by atoms with Crippen LogP contribution in [0.1, 0.15) is 23.2 Å². The van der Waals surface area contributed by atoms with Crippen molar-refractivity contribution in [2.45, 2.75) is 26.2 Å². The van der Waals surface area contributed by atoms with Gasteiger partial charge >= 0.3 is 0 Å². The molecular formula is C18H22N4O2S. The maximum atomic E-state index is 12.4. The van der Waals surface area contributed by atoms with Crippen LogP contribution in [-0.4, -0.2) is 57.8 Å². The monoisotopic (exact) mass is 358 g/mol. The van der Waals surface area contributed by atoms with E-state index in [1.54, 1.807) is 35.6 Å². The molecule has 0 spiro atoms. The van der Waals surface area contributed by atoms with Crippen molar-refractivity contribution in [2.75, 3.05) is 26.2 Å². The summed E-state index contributed by atoms with van der Waals surface area (Å²) in [6.07, 6.45) is 5.74. The summed E-state index contributed by atoms with van der Waals surface area (Å²) in [5, 5.41) is 3.03. The van der Waals surface area contributed by atoms with Crippen LogP contribution in [0.4, 0.5) is 0 Å². The Balaban J connectivity index is 1.48. The zero-order valence-corrected chi connectivity index (χ0v) is 15.2. The fourth-order valence-corrected chi connectivity index (χ4v) is 3.68. The van der Waals surface area contributed by atoms with Gasteiger partial charge in [-0.2, -0.15) is 0 Å². The van der Waals surface area contributed by atoms with E-state index in [0.29, 0.717) is 32.6 Å². The highest BCUT2D eigenvalue weighted by molar-refractivity contribution is 7.09. The third-order valence-electron chi connectivity index (χ3n) is 4.39. The summed E-state index contributed by atoms with van der Waals surface area (Å²) in [5.41, 5.74) is 2.08. The Bertz CT molecular complexity index is 724. The van der Waals surface area contributed by atoms with Gasteiger partial charge in [0.15, 0.2) is 0 Å². The number of piperazine rings is 1. The first-order valence-corrected chi connectivity index (χ1v) is 9.35. The highest BCUT2D eigenvalue weighted by Gasteiger charge is 2.22. The molecule has 2 aromatic heterocycles. The largest absolute Gasteiger partial charge is 0.339 e. The number of pyridine rings is 1. The van der Waals surface area contributed by atoms with Gasteiger partial charge in [-0.05, 0) is 24.1 Å². The summed E-state index contributed by atoms with van der Waals surface area (Å²) >= 11 is 1.61. The van der Waals surface area contributed by atoms with Crippen LogP contribution in [0, 0.1) is 0 Å². The lowest BCUT2D eigenvalue weighted by Crippen LogP contribution is -2.50. The van der Waals surface area contributed by atoms with Crippen molar-refractivity contribution in [3.8, 4) is 0 Å². The zero-order chi connectivity index (χ0) is 17.6. The molecule has 1 fully saturated rings. The fourth-order valence-electron chi connectivity index (χ4n) is 2.88. The molecule has 0 radical (unpaired) electrons. The Morgan fingerprint density at radius 1 is 1.08 bits per heavy atom. The van der Waals surface area contributed by atoms with Gasteiger partial charge in [0, 0.05) is 57.3 Å². The molecule has 2 aromatic rings. The number of hydrogen-bond acceptors (Lipinski definition) is 5. The average molecular weight is 358 g/mol. The predicted octanol–water partition coefficient (Wildman–Crippen LogP) is 1.56. The van der Waals surface area contributed by atoms with Gasteiger partial charge in [-0.25, -0.2) is 4.98 Å². The van der Waals surface area contributed by atoms with Crippen LogP contribution >= 0.6 is 11.3 Å². The lowest BCUT2D eigenvalue weighted by molar-refractivity contribution is -0.138. The summed E-state index contributed by atoms with van der Waals surface area (Å²) < 4.78 is 0.